The van der Waals surface area contributed by atoms with Gasteiger partial charge >= 0.3 is 5.97 Å². The van der Waals surface area contributed by atoms with Gasteiger partial charge in [-0.2, -0.15) is 0 Å². The second-order valence-corrected chi connectivity index (χ2v) is 3.89. The maximum absolute atomic E-state index is 10.8. The third-order valence-electron chi connectivity index (χ3n) is 2.22. The number of hydrogen-bond donors (Lipinski definition) is 3. The van der Waals surface area contributed by atoms with Crippen LogP contribution in [0.25, 0.3) is 0 Å². The molecule has 0 rings (SSSR count). The van der Waals surface area contributed by atoms with Crippen molar-refractivity contribution in [2.75, 3.05) is 13.7 Å². The number of carboxylic acids is 1. The van der Waals surface area contributed by atoms with Crippen molar-refractivity contribution in [2.24, 2.45) is 0 Å². The fourth-order valence-electron chi connectivity index (χ4n) is 0.911. The second-order valence-electron chi connectivity index (χ2n) is 3.89. The first-order valence-electron chi connectivity index (χ1n) is 4.48. The molecule has 0 aliphatic heterocycles. The molecule has 3 N–H and O–H groups in total. The van der Waals surface area contributed by atoms with Gasteiger partial charge in [-0.25, -0.2) is 0 Å². The van der Waals surface area contributed by atoms with Crippen LogP contribution in [0, 0.1) is 0 Å². The van der Waals surface area contributed by atoms with Crippen molar-refractivity contribution in [3.63, 3.8) is 0 Å². The molecule has 14 heavy (non-hydrogen) atoms. The summed E-state index contributed by atoms with van der Waals surface area (Å²) in [7, 11) is 1.44. The molecule has 2 atom stereocenters. The Morgan fingerprint density at radius 1 is 1.57 bits per heavy atom. The van der Waals surface area contributed by atoms with Gasteiger partial charge in [0.2, 0.25) is 0 Å². The topological polar surface area (TPSA) is 78.8 Å². The van der Waals surface area contributed by atoms with Gasteiger partial charge in [0.1, 0.15) is 6.04 Å². The highest BCUT2D eigenvalue weighted by atomic mass is 16.5. The van der Waals surface area contributed by atoms with Crippen LogP contribution in [-0.4, -0.2) is 47.6 Å². The zero-order chi connectivity index (χ0) is 11.4. The predicted octanol–water partition coefficient (Wildman–Crippen LogP) is -0.165. The molecule has 0 saturated carbocycles. The summed E-state index contributed by atoms with van der Waals surface area (Å²) in [6, 6.07) is -0.801. The van der Waals surface area contributed by atoms with Crippen molar-refractivity contribution in [3.8, 4) is 0 Å². The minimum atomic E-state index is -0.986. The Kier molecular flexibility index (Phi) is 5.04. The molecule has 5 nitrogen and oxygen atoms in total. The zero-order valence-corrected chi connectivity index (χ0v) is 9.07. The van der Waals surface area contributed by atoms with Crippen LogP contribution in [0.1, 0.15) is 20.8 Å². The Bertz CT molecular complexity index is 191. The summed E-state index contributed by atoms with van der Waals surface area (Å²) in [4.78, 5) is 10.8. The average Bonchev–Trinajstić information content (AvgIpc) is 2.02. The van der Waals surface area contributed by atoms with Crippen LogP contribution in [0.15, 0.2) is 0 Å². The average molecular weight is 205 g/mol. The SMILES string of the molecule is COCC(NC(C)(C)C(C)O)C(=O)O. The number of aliphatic hydroxyl groups excluding tert-OH is 1. The van der Waals surface area contributed by atoms with E-state index in [0.717, 1.165) is 0 Å². The van der Waals surface area contributed by atoms with Crippen LogP contribution >= 0.6 is 0 Å². The molecular formula is C9H19NO4. The molecule has 0 saturated heterocycles. The van der Waals surface area contributed by atoms with E-state index in [4.69, 9.17) is 9.84 Å². The molecule has 5 heteroatoms. The molecule has 2 unspecified atom stereocenters. The van der Waals surface area contributed by atoms with Gasteiger partial charge in [0.05, 0.1) is 12.7 Å². The molecule has 0 aromatic rings. The molecule has 0 aliphatic rings. The quantitative estimate of drug-likeness (QED) is 0.561. The van der Waals surface area contributed by atoms with Crippen molar-refractivity contribution in [3.05, 3.63) is 0 Å². The Morgan fingerprint density at radius 3 is 2.36 bits per heavy atom. The molecule has 0 aliphatic carbocycles. The fraction of sp³-hybridized carbons (Fsp3) is 0.889. The Morgan fingerprint density at radius 2 is 2.07 bits per heavy atom. The van der Waals surface area contributed by atoms with Gasteiger partial charge in [-0.05, 0) is 20.8 Å². The number of hydrogen-bond acceptors (Lipinski definition) is 4. The zero-order valence-electron chi connectivity index (χ0n) is 9.07. The monoisotopic (exact) mass is 205 g/mol. The largest absolute Gasteiger partial charge is 0.480 e. The summed E-state index contributed by atoms with van der Waals surface area (Å²) in [6.07, 6.45) is -0.638. The Hall–Kier alpha value is -0.650. The maximum Gasteiger partial charge on any atom is 0.323 e. The van der Waals surface area contributed by atoms with Crippen LogP contribution < -0.4 is 5.32 Å². The van der Waals surface area contributed by atoms with E-state index in [1.165, 1.54) is 7.11 Å². The number of rotatable bonds is 6. The Balaban J connectivity index is 4.35. The molecule has 0 radical (unpaired) electrons. The lowest BCUT2D eigenvalue weighted by molar-refractivity contribution is -0.141. The highest BCUT2D eigenvalue weighted by molar-refractivity contribution is 5.73. The molecule has 0 heterocycles. The fourth-order valence-corrected chi connectivity index (χ4v) is 0.911. The van der Waals surface area contributed by atoms with Crippen molar-refractivity contribution >= 4 is 5.97 Å². The third kappa shape index (κ3) is 4.04. The number of methoxy groups -OCH3 is 1. The third-order valence-corrected chi connectivity index (χ3v) is 2.22. The van der Waals surface area contributed by atoms with Crippen LogP contribution in [0.5, 0.6) is 0 Å². The van der Waals surface area contributed by atoms with Gasteiger partial charge in [-0.3, -0.25) is 10.1 Å². The van der Waals surface area contributed by atoms with Gasteiger partial charge < -0.3 is 14.9 Å². The summed E-state index contributed by atoms with van der Waals surface area (Å²) in [5.41, 5.74) is -0.651. The molecule has 0 aromatic heterocycles. The van der Waals surface area contributed by atoms with Gasteiger partial charge in [-0.1, -0.05) is 0 Å². The lowest BCUT2D eigenvalue weighted by Gasteiger charge is -2.32. The molecule has 0 amide bonds. The lowest BCUT2D eigenvalue weighted by Crippen LogP contribution is -2.56. The van der Waals surface area contributed by atoms with E-state index in [2.05, 4.69) is 5.32 Å². The standard InChI is InChI=1S/C9H19NO4/c1-6(11)9(2,3)10-7(5-14-4)8(12)13/h6-7,10-11H,5H2,1-4H3,(H,12,13). The number of aliphatic hydroxyl groups is 1. The molecular weight excluding hydrogens is 186 g/mol. The van der Waals surface area contributed by atoms with Gasteiger partial charge in [0.15, 0.2) is 0 Å². The molecule has 0 aromatic carbocycles. The molecule has 0 bridgehead atoms. The van der Waals surface area contributed by atoms with E-state index < -0.39 is 23.7 Å². The van der Waals surface area contributed by atoms with Gasteiger partial charge in [0.25, 0.3) is 0 Å². The predicted molar refractivity (Wildman–Crippen MR) is 52.2 cm³/mol. The minimum absolute atomic E-state index is 0.0749. The van der Waals surface area contributed by atoms with E-state index in [0.29, 0.717) is 0 Å². The van der Waals surface area contributed by atoms with Gasteiger partial charge in [-0.15, -0.1) is 0 Å². The van der Waals surface area contributed by atoms with E-state index in [-0.39, 0.29) is 6.61 Å². The molecule has 0 spiro atoms. The summed E-state index contributed by atoms with van der Waals surface area (Å²) in [5, 5.41) is 21.0. The first-order chi connectivity index (χ1) is 6.31. The first-order valence-corrected chi connectivity index (χ1v) is 4.48. The van der Waals surface area contributed by atoms with Crippen molar-refractivity contribution in [1.29, 1.82) is 0 Å². The number of carboxylic acid groups (broad SMARTS) is 1. The molecule has 84 valence electrons. The highest BCUT2D eigenvalue weighted by Gasteiger charge is 2.30. The van der Waals surface area contributed by atoms with Crippen molar-refractivity contribution in [1.82, 2.24) is 5.32 Å². The number of carbonyl (C=O) groups is 1. The summed E-state index contributed by atoms with van der Waals surface area (Å²) in [6.45, 7) is 5.16. The lowest BCUT2D eigenvalue weighted by atomic mass is 9.97. The van der Waals surface area contributed by atoms with Crippen LogP contribution in [0.2, 0.25) is 0 Å². The summed E-state index contributed by atoms with van der Waals surface area (Å²) >= 11 is 0. The van der Waals surface area contributed by atoms with Gasteiger partial charge in [0, 0.05) is 12.6 Å². The first kappa shape index (κ1) is 13.4. The van der Waals surface area contributed by atoms with Crippen LogP contribution in [-0.2, 0) is 9.53 Å². The van der Waals surface area contributed by atoms with Crippen LogP contribution in [0.3, 0.4) is 0 Å². The Labute approximate surface area is 84.1 Å². The summed E-state index contributed by atoms with van der Waals surface area (Å²) < 4.78 is 4.77. The summed E-state index contributed by atoms with van der Waals surface area (Å²) in [5.74, 6) is -0.986. The van der Waals surface area contributed by atoms with E-state index in [1.807, 2.05) is 0 Å². The minimum Gasteiger partial charge on any atom is -0.480 e. The normalized spacial score (nSPS) is 16.4. The van der Waals surface area contributed by atoms with E-state index >= 15 is 0 Å². The smallest absolute Gasteiger partial charge is 0.323 e. The van der Waals surface area contributed by atoms with Crippen molar-refractivity contribution < 1.29 is 19.7 Å². The number of nitrogens with one attached hydrogen (secondary N) is 1. The van der Waals surface area contributed by atoms with Crippen LogP contribution in [0.4, 0.5) is 0 Å². The highest BCUT2D eigenvalue weighted by Crippen LogP contribution is 2.09. The second kappa shape index (κ2) is 5.29. The van der Waals surface area contributed by atoms with Crippen molar-refractivity contribution in [2.45, 2.75) is 38.5 Å². The van der Waals surface area contributed by atoms with E-state index in [1.54, 1.807) is 20.8 Å². The molecule has 0 fully saturated rings. The number of aliphatic carboxylic acids is 1. The maximum atomic E-state index is 10.8. The van der Waals surface area contributed by atoms with E-state index in [9.17, 15) is 9.90 Å². The number of ether oxygens (including phenoxy) is 1.